The van der Waals surface area contributed by atoms with Crippen molar-refractivity contribution in [2.24, 2.45) is 5.92 Å². The van der Waals surface area contributed by atoms with Crippen molar-refractivity contribution in [3.05, 3.63) is 0 Å². The van der Waals surface area contributed by atoms with Crippen molar-refractivity contribution in [2.75, 3.05) is 19.8 Å². The summed E-state index contributed by atoms with van der Waals surface area (Å²) in [6.45, 7) is 4.25. The predicted molar refractivity (Wildman–Crippen MR) is 51.9 cm³/mol. The first-order chi connectivity index (χ1) is 7.91. The Morgan fingerprint density at radius 1 is 1.00 bits per heavy atom. The quantitative estimate of drug-likeness (QED) is 0.326. The molecule has 0 aromatic rings. The van der Waals surface area contributed by atoms with E-state index in [1.807, 2.05) is 13.8 Å². The molecule has 0 aliphatic heterocycles. The summed E-state index contributed by atoms with van der Waals surface area (Å²) in [5, 5.41) is 32.5. The highest BCUT2D eigenvalue weighted by atomic mass is 17.1. The highest BCUT2D eigenvalue weighted by Gasteiger charge is 2.15. The van der Waals surface area contributed by atoms with Gasteiger partial charge < -0.3 is 4.74 Å². The summed E-state index contributed by atoms with van der Waals surface area (Å²) in [7, 11) is 0. The van der Waals surface area contributed by atoms with Gasteiger partial charge in [-0.05, 0) is 12.3 Å². The lowest BCUT2D eigenvalue weighted by Crippen LogP contribution is -2.34. The summed E-state index contributed by atoms with van der Waals surface area (Å²) in [6.07, 6.45) is -0.0410. The lowest BCUT2D eigenvalue weighted by molar-refractivity contribution is -0.528. The molecule has 0 saturated carbocycles. The largest absolute Gasteiger partial charge is 0.379 e. The molecule has 0 saturated heterocycles. The van der Waals surface area contributed by atoms with Gasteiger partial charge in [-0.1, -0.05) is 13.8 Å². The zero-order valence-corrected chi connectivity index (χ0v) is 9.89. The molecule has 0 bridgehead atoms. The molecule has 0 heterocycles. The predicted octanol–water partition coefficient (Wildman–Crippen LogP) is 0.442. The van der Waals surface area contributed by atoms with Gasteiger partial charge in [0.25, 0.3) is 0 Å². The smallest absolute Gasteiger partial charge is 0.133 e. The van der Waals surface area contributed by atoms with Crippen LogP contribution in [0.15, 0.2) is 0 Å². The SMILES string of the molecule is CC(C)CCOCC(CON(O)O)ON(O)O. The lowest BCUT2D eigenvalue weighted by atomic mass is 10.1. The van der Waals surface area contributed by atoms with Gasteiger partial charge >= 0.3 is 0 Å². The molecule has 0 fully saturated rings. The van der Waals surface area contributed by atoms with Crippen molar-refractivity contribution in [3.8, 4) is 0 Å². The Hall–Kier alpha value is -0.360. The Morgan fingerprint density at radius 2 is 1.65 bits per heavy atom. The van der Waals surface area contributed by atoms with E-state index in [0.29, 0.717) is 12.5 Å². The van der Waals surface area contributed by atoms with Crippen molar-refractivity contribution in [2.45, 2.75) is 26.4 Å². The van der Waals surface area contributed by atoms with Crippen LogP contribution >= 0.6 is 0 Å². The van der Waals surface area contributed by atoms with Gasteiger partial charge in [0.1, 0.15) is 12.7 Å². The van der Waals surface area contributed by atoms with E-state index in [-0.39, 0.29) is 13.2 Å². The summed E-state index contributed by atoms with van der Waals surface area (Å²) in [5.41, 5.74) is 0. The summed E-state index contributed by atoms with van der Waals surface area (Å²) < 4.78 is 5.20. The molecule has 17 heavy (non-hydrogen) atoms. The second-order valence-corrected chi connectivity index (χ2v) is 3.79. The van der Waals surface area contributed by atoms with Gasteiger partial charge in [0.05, 0.1) is 17.4 Å². The normalized spacial score (nSPS) is 13.9. The van der Waals surface area contributed by atoms with Crippen molar-refractivity contribution < 1.29 is 35.2 Å². The minimum absolute atomic E-state index is 0.0121. The van der Waals surface area contributed by atoms with Gasteiger partial charge in [0, 0.05) is 6.61 Å². The molecule has 0 radical (unpaired) electrons. The zero-order valence-electron chi connectivity index (χ0n) is 9.89. The van der Waals surface area contributed by atoms with E-state index in [1.165, 1.54) is 0 Å². The average Bonchev–Trinajstić information content (AvgIpc) is 2.19. The molecule has 0 aromatic carbocycles. The minimum Gasteiger partial charge on any atom is -0.379 e. The van der Waals surface area contributed by atoms with Crippen LogP contribution in [-0.2, 0) is 14.4 Å². The third-order valence-electron chi connectivity index (χ3n) is 1.76. The fraction of sp³-hybridized carbons (Fsp3) is 1.00. The third-order valence-corrected chi connectivity index (χ3v) is 1.76. The van der Waals surface area contributed by atoms with Gasteiger partial charge in [-0.2, -0.15) is 0 Å². The molecule has 104 valence electrons. The van der Waals surface area contributed by atoms with E-state index in [1.54, 1.807) is 0 Å². The average molecular weight is 256 g/mol. The van der Waals surface area contributed by atoms with E-state index in [2.05, 4.69) is 9.68 Å². The van der Waals surface area contributed by atoms with Crippen LogP contribution in [0.1, 0.15) is 20.3 Å². The van der Waals surface area contributed by atoms with E-state index in [9.17, 15) is 0 Å². The monoisotopic (exact) mass is 256 g/mol. The molecule has 0 aliphatic rings. The maximum atomic E-state index is 8.45. The van der Waals surface area contributed by atoms with Crippen LogP contribution in [0, 0.1) is 5.92 Å². The molecule has 1 atom stereocenters. The van der Waals surface area contributed by atoms with Crippen molar-refractivity contribution in [3.63, 3.8) is 0 Å². The van der Waals surface area contributed by atoms with Gasteiger partial charge in [0.15, 0.2) is 0 Å². The Kier molecular flexibility index (Phi) is 9.44. The summed E-state index contributed by atoms with van der Waals surface area (Å²) >= 11 is 0. The summed E-state index contributed by atoms with van der Waals surface area (Å²) in [5.74, 6) is 0.489. The molecule has 1 unspecified atom stereocenters. The Bertz CT molecular complexity index is 179. The molecule has 0 amide bonds. The number of hydrogen-bond donors (Lipinski definition) is 4. The van der Waals surface area contributed by atoms with E-state index >= 15 is 0 Å². The maximum absolute atomic E-state index is 8.45. The van der Waals surface area contributed by atoms with Crippen molar-refractivity contribution >= 4 is 0 Å². The number of ether oxygens (including phenoxy) is 1. The van der Waals surface area contributed by atoms with Crippen LogP contribution < -0.4 is 0 Å². The third kappa shape index (κ3) is 11.9. The second-order valence-electron chi connectivity index (χ2n) is 3.79. The van der Waals surface area contributed by atoms with Crippen LogP contribution in [0.2, 0.25) is 0 Å². The molecule has 0 spiro atoms. The minimum atomic E-state index is -0.890. The van der Waals surface area contributed by atoms with Crippen molar-refractivity contribution in [1.82, 2.24) is 10.8 Å². The van der Waals surface area contributed by atoms with E-state index in [0.717, 1.165) is 6.42 Å². The van der Waals surface area contributed by atoms with Crippen LogP contribution in [0.4, 0.5) is 0 Å². The summed E-state index contributed by atoms with van der Waals surface area (Å²) in [4.78, 5) is 8.73. The van der Waals surface area contributed by atoms with Gasteiger partial charge in [-0.15, -0.1) is 0 Å². The highest BCUT2D eigenvalue weighted by Crippen LogP contribution is 2.02. The fourth-order valence-corrected chi connectivity index (χ4v) is 0.926. The topological polar surface area (TPSA) is 115 Å². The van der Waals surface area contributed by atoms with Crippen LogP contribution in [-0.4, -0.2) is 57.5 Å². The first-order valence-corrected chi connectivity index (χ1v) is 5.15. The zero-order chi connectivity index (χ0) is 13.3. The molecule has 9 nitrogen and oxygen atoms in total. The van der Waals surface area contributed by atoms with Crippen LogP contribution in [0.3, 0.4) is 0 Å². The van der Waals surface area contributed by atoms with Crippen LogP contribution in [0.5, 0.6) is 0 Å². The molecular formula is C8H20N2O7. The standard InChI is InChI=1S/C8H20N2O7/c1-7(2)3-4-15-5-8(17-10(13)14)6-16-9(11)12/h7-8,11-14H,3-6H2,1-2H3. The van der Waals surface area contributed by atoms with E-state index in [4.69, 9.17) is 25.6 Å². The van der Waals surface area contributed by atoms with Crippen LogP contribution in [0.25, 0.3) is 0 Å². The number of nitrogens with zero attached hydrogens (tertiary/aromatic N) is 2. The van der Waals surface area contributed by atoms with Crippen molar-refractivity contribution in [1.29, 1.82) is 0 Å². The van der Waals surface area contributed by atoms with Gasteiger partial charge in [0.2, 0.25) is 0 Å². The van der Waals surface area contributed by atoms with E-state index < -0.39 is 16.9 Å². The second kappa shape index (κ2) is 9.65. The first kappa shape index (κ1) is 16.6. The maximum Gasteiger partial charge on any atom is 0.133 e. The lowest BCUT2D eigenvalue weighted by Gasteiger charge is -2.19. The Balaban J connectivity index is 3.76. The molecule has 4 N–H and O–H groups in total. The van der Waals surface area contributed by atoms with Gasteiger partial charge in [-0.25, -0.2) is 9.68 Å². The molecule has 0 rings (SSSR count). The number of hydrogen-bond acceptors (Lipinski definition) is 9. The summed E-state index contributed by atoms with van der Waals surface area (Å²) in [6, 6.07) is 0. The Labute approximate surface area is 99.1 Å². The highest BCUT2D eigenvalue weighted by molar-refractivity contribution is 4.53. The molecule has 0 aliphatic carbocycles. The first-order valence-electron chi connectivity index (χ1n) is 5.15. The molecule has 9 heteroatoms. The van der Waals surface area contributed by atoms with Gasteiger partial charge in [-0.3, -0.25) is 20.8 Å². The molecule has 0 aromatic heterocycles. The Morgan fingerprint density at radius 3 is 2.12 bits per heavy atom. The number of rotatable bonds is 10. The fourth-order valence-electron chi connectivity index (χ4n) is 0.926. The molecular weight excluding hydrogens is 236 g/mol.